The lowest BCUT2D eigenvalue weighted by Crippen LogP contribution is -2.39. The number of rotatable bonds is 3. The predicted octanol–water partition coefficient (Wildman–Crippen LogP) is 3.75. The zero-order chi connectivity index (χ0) is 18.3. The number of anilines is 1. The molecule has 0 unspecified atom stereocenters. The standard InChI is InChI=1S/C18H16ClFN2O2S2/c19-13-3-7-15(8-4-13)22-17-11-26(23,24)10-16(17)21-18(22)25-9-12-1-5-14(20)6-2-12/h1-8,16-17H,9-11H2/t16-,17+/m1/s1. The van der Waals surface area contributed by atoms with Crippen LogP contribution in [0.1, 0.15) is 5.56 Å². The van der Waals surface area contributed by atoms with E-state index in [1.807, 2.05) is 17.0 Å². The molecular formula is C18H16ClFN2O2S2. The number of benzene rings is 2. The van der Waals surface area contributed by atoms with Crippen molar-refractivity contribution >= 4 is 44.1 Å². The first-order valence-electron chi connectivity index (χ1n) is 8.11. The maximum Gasteiger partial charge on any atom is 0.164 e. The van der Waals surface area contributed by atoms with Gasteiger partial charge in [0, 0.05) is 16.5 Å². The molecule has 1 saturated heterocycles. The number of sulfone groups is 1. The molecule has 2 aliphatic heterocycles. The molecule has 0 bridgehead atoms. The van der Waals surface area contributed by atoms with Crippen molar-refractivity contribution in [1.82, 2.24) is 0 Å². The first-order chi connectivity index (χ1) is 12.4. The number of thioether (sulfide) groups is 1. The van der Waals surface area contributed by atoms with Crippen molar-refractivity contribution in [3.8, 4) is 0 Å². The van der Waals surface area contributed by atoms with E-state index in [0.29, 0.717) is 10.8 Å². The maximum atomic E-state index is 13.1. The summed E-state index contributed by atoms with van der Waals surface area (Å²) >= 11 is 7.52. The van der Waals surface area contributed by atoms with Crippen molar-refractivity contribution in [2.24, 2.45) is 4.99 Å². The Morgan fingerprint density at radius 1 is 1.12 bits per heavy atom. The van der Waals surface area contributed by atoms with E-state index in [2.05, 4.69) is 4.99 Å². The highest BCUT2D eigenvalue weighted by atomic mass is 35.5. The van der Waals surface area contributed by atoms with Gasteiger partial charge in [0.25, 0.3) is 0 Å². The lowest BCUT2D eigenvalue weighted by Gasteiger charge is -2.26. The van der Waals surface area contributed by atoms with Gasteiger partial charge in [0.05, 0.1) is 23.6 Å². The fourth-order valence-corrected chi connectivity index (χ4v) is 6.31. The van der Waals surface area contributed by atoms with Gasteiger partial charge in [-0.25, -0.2) is 12.8 Å². The Balaban J connectivity index is 1.60. The Labute approximate surface area is 161 Å². The van der Waals surface area contributed by atoms with Crippen LogP contribution in [0.3, 0.4) is 0 Å². The quantitative estimate of drug-likeness (QED) is 0.773. The molecule has 0 aliphatic carbocycles. The summed E-state index contributed by atoms with van der Waals surface area (Å²) in [7, 11) is -3.08. The normalized spacial score (nSPS) is 23.8. The molecule has 2 aromatic carbocycles. The monoisotopic (exact) mass is 410 g/mol. The zero-order valence-corrected chi connectivity index (χ0v) is 16.1. The number of fused-ring (bicyclic) bond motifs is 1. The van der Waals surface area contributed by atoms with Gasteiger partial charge < -0.3 is 4.90 Å². The van der Waals surface area contributed by atoms with Gasteiger partial charge in [-0.2, -0.15) is 0 Å². The van der Waals surface area contributed by atoms with Crippen LogP contribution in [0.2, 0.25) is 5.02 Å². The topological polar surface area (TPSA) is 49.7 Å². The molecule has 2 atom stereocenters. The molecule has 1 fully saturated rings. The molecule has 0 saturated carbocycles. The van der Waals surface area contributed by atoms with Crippen molar-refractivity contribution in [3.63, 3.8) is 0 Å². The van der Waals surface area contributed by atoms with Crippen molar-refractivity contribution in [2.75, 3.05) is 16.4 Å². The summed E-state index contributed by atoms with van der Waals surface area (Å²) in [5.74, 6) is 0.557. The molecule has 136 valence electrons. The van der Waals surface area contributed by atoms with Crippen LogP contribution in [0.4, 0.5) is 10.1 Å². The molecule has 2 aromatic rings. The molecule has 2 aliphatic rings. The molecule has 8 heteroatoms. The number of hydrogen-bond donors (Lipinski definition) is 0. The maximum absolute atomic E-state index is 13.1. The average molecular weight is 411 g/mol. The summed E-state index contributed by atoms with van der Waals surface area (Å²) in [5, 5.41) is 1.42. The van der Waals surface area contributed by atoms with Crippen LogP contribution in [0.5, 0.6) is 0 Å². The summed E-state index contributed by atoms with van der Waals surface area (Å²) in [6.45, 7) is 0. The number of hydrogen-bond acceptors (Lipinski definition) is 5. The Hall–Kier alpha value is -1.57. The Kier molecular flexibility index (Phi) is 4.71. The van der Waals surface area contributed by atoms with Gasteiger partial charge in [-0.15, -0.1) is 0 Å². The smallest absolute Gasteiger partial charge is 0.164 e. The Morgan fingerprint density at radius 3 is 2.50 bits per heavy atom. The molecule has 4 rings (SSSR count). The predicted molar refractivity (Wildman–Crippen MR) is 105 cm³/mol. The van der Waals surface area contributed by atoms with Gasteiger partial charge in [-0.1, -0.05) is 35.5 Å². The molecule has 0 amide bonds. The van der Waals surface area contributed by atoms with Crippen molar-refractivity contribution in [3.05, 3.63) is 64.9 Å². The average Bonchev–Trinajstić information content (AvgIpc) is 3.06. The van der Waals surface area contributed by atoms with E-state index in [-0.39, 0.29) is 29.4 Å². The first kappa shape index (κ1) is 17.8. The van der Waals surface area contributed by atoms with E-state index < -0.39 is 9.84 Å². The van der Waals surface area contributed by atoms with Crippen LogP contribution in [0, 0.1) is 5.82 Å². The lowest BCUT2D eigenvalue weighted by molar-refractivity contribution is 0.601. The minimum absolute atomic E-state index is 0.0857. The van der Waals surface area contributed by atoms with Crippen molar-refractivity contribution < 1.29 is 12.8 Å². The van der Waals surface area contributed by atoms with E-state index in [9.17, 15) is 12.8 Å². The summed E-state index contributed by atoms with van der Waals surface area (Å²) in [4.78, 5) is 6.68. The summed E-state index contributed by atoms with van der Waals surface area (Å²) in [5.41, 5.74) is 1.86. The lowest BCUT2D eigenvalue weighted by atomic mass is 10.1. The van der Waals surface area contributed by atoms with E-state index in [4.69, 9.17) is 11.6 Å². The van der Waals surface area contributed by atoms with E-state index in [0.717, 1.165) is 16.4 Å². The number of nitrogens with zero attached hydrogens (tertiary/aromatic N) is 2. The summed E-state index contributed by atoms with van der Waals surface area (Å²) in [6.07, 6.45) is 0. The molecule has 2 heterocycles. The minimum Gasteiger partial charge on any atom is -0.315 e. The van der Waals surface area contributed by atoms with Crippen LogP contribution in [-0.4, -0.2) is 37.2 Å². The van der Waals surface area contributed by atoms with Gasteiger partial charge in [-0.05, 0) is 42.0 Å². The van der Waals surface area contributed by atoms with Gasteiger partial charge in [0.15, 0.2) is 15.0 Å². The van der Waals surface area contributed by atoms with E-state index >= 15 is 0 Å². The van der Waals surface area contributed by atoms with Gasteiger partial charge in [0.1, 0.15) is 5.82 Å². The third-order valence-corrected chi connectivity index (χ3v) is 7.48. The third-order valence-electron chi connectivity index (χ3n) is 4.49. The first-order valence-corrected chi connectivity index (χ1v) is 11.3. The highest BCUT2D eigenvalue weighted by Crippen LogP contribution is 2.36. The van der Waals surface area contributed by atoms with Crippen LogP contribution in [0.15, 0.2) is 53.5 Å². The molecule has 4 nitrogen and oxygen atoms in total. The Bertz CT molecular complexity index is 946. The van der Waals surface area contributed by atoms with Crippen LogP contribution in [0.25, 0.3) is 0 Å². The summed E-state index contributed by atoms with van der Waals surface area (Å²) in [6, 6.07) is 13.3. The highest BCUT2D eigenvalue weighted by Gasteiger charge is 2.47. The zero-order valence-electron chi connectivity index (χ0n) is 13.7. The fourth-order valence-electron chi connectivity index (χ4n) is 3.27. The van der Waals surface area contributed by atoms with Crippen LogP contribution < -0.4 is 4.90 Å². The SMILES string of the molecule is O=S1(=O)C[C@H]2N=C(SCc3ccc(F)cc3)N(c3ccc(Cl)cc3)[C@H]2C1. The van der Waals surface area contributed by atoms with E-state index in [1.54, 1.807) is 24.3 Å². The largest absolute Gasteiger partial charge is 0.315 e. The van der Waals surface area contributed by atoms with Gasteiger partial charge in [0.2, 0.25) is 0 Å². The molecular weight excluding hydrogens is 395 g/mol. The van der Waals surface area contributed by atoms with Gasteiger partial charge in [-0.3, -0.25) is 4.99 Å². The second-order valence-corrected chi connectivity index (χ2v) is 9.92. The second kappa shape index (κ2) is 6.87. The van der Waals surface area contributed by atoms with E-state index in [1.165, 1.54) is 23.9 Å². The number of halogens is 2. The van der Waals surface area contributed by atoms with Gasteiger partial charge >= 0.3 is 0 Å². The second-order valence-electron chi connectivity index (χ2n) is 6.38. The molecule has 0 aromatic heterocycles. The number of amidine groups is 1. The summed E-state index contributed by atoms with van der Waals surface area (Å²) < 4.78 is 37.1. The molecule has 0 spiro atoms. The fraction of sp³-hybridized carbons (Fsp3) is 0.278. The molecule has 26 heavy (non-hydrogen) atoms. The molecule has 0 radical (unpaired) electrons. The highest BCUT2D eigenvalue weighted by molar-refractivity contribution is 8.13. The van der Waals surface area contributed by atoms with Crippen molar-refractivity contribution in [1.29, 1.82) is 0 Å². The minimum atomic E-state index is -3.08. The van der Waals surface area contributed by atoms with Crippen LogP contribution in [-0.2, 0) is 15.6 Å². The van der Waals surface area contributed by atoms with Crippen molar-refractivity contribution in [2.45, 2.75) is 17.8 Å². The van der Waals surface area contributed by atoms with Crippen LogP contribution >= 0.6 is 23.4 Å². The molecule has 0 N–H and O–H groups in total. The third kappa shape index (κ3) is 3.61. The Morgan fingerprint density at radius 2 is 1.81 bits per heavy atom. The number of aliphatic imine (C=N–C) groups is 1.